The molecule has 4 aliphatic rings. The lowest BCUT2D eigenvalue weighted by Crippen LogP contribution is -2.49. The van der Waals surface area contributed by atoms with Crippen LogP contribution in [0, 0.1) is 23.7 Å². The quantitative estimate of drug-likeness (QED) is 0.191. The number of nitrogens with zero attached hydrogens (tertiary/aromatic N) is 1. The van der Waals surface area contributed by atoms with E-state index in [9.17, 15) is 13.2 Å². The van der Waals surface area contributed by atoms with Gasteiger partial charge in [0.25, 0.3) is 10.0 Å². The summed E-state index contributed by atoms with van der Waals surface area (Å²) in [7, 11) is -3.73. The molecule has 0 unspecified atom stereocenters. The van der Waals surface area contributed by atoms with Crippen LogP contribution in [0.2, 0.25) is 30.7 Å². The summed E-state index contributed by atoms with van der Waals surface area (Å²) < 4.78 is 49.0. The standard InChI is InChI=1S/C38H53ClN2O6SSi/c1-26-8-6-10-35(45-2)31-14-11-28(31)22-41-24-38(17-7-9-27-20-29(39)12-15-33(27)38)25-47-36-16-13-30(21-34(36)41)48(43,44)40-37(42)32(26)23-46-18-19-49(3,4)5/h6,10,12-13,15-16,20-21,26,28,31-32,35H,7-9,11,14,17-19,22-25H2,1-5H3,(H,40,42)/b10-6-/t26-,28-,31+,32+,35+,38-/m0/s1. The third-order valence-electron chi connectivity index (χ3n) is 11.3. The van der Waals surface area contributed by atoms with Crippen molar-refractivity contribution in [3.05, 3.63) is 64.7 Å². The molecule has 2 heterocycles. The highest BCUT2D eigenvalue weighted by molar-refractivity contribution is 7.90. The number of benzene rings is 2. The number of nitrogens with one attached hydrogen (secondary N) is 1. The Balaban J connectivity index is 1.37. The van der Waals surface area contributed by atoms with Crippen molar-refractivity contribution < 1.29 is 27.4 Å². The fourth-order valence-corrected chi connectivity index (χ4v) is 10.1. The molecule has 1 amide bonds. The van der Waals surface area contributed by atoms with Gasteiger partial charge in [0.05, 0.1) is 35.8 Å². The first-order valence-electron chi connectivity index (χ1n) is 17.9. The number of carbonyl (C=O) groups excluding carboxylic acids is 1. The highest BCUT2D eigenvalue weighted by atomic mass is 35.5. The van der Waals surface area contributed by atoms with Gasteiger partial charge in [0.2, 0.25) is 5.91 Å². The first kappa shape index (κ1) is 36.4. The molecule has 0 saturated heterocycles. The van der Waals surface area contributed by atoms with Crippen LogP contribution in [-0.2, 0) is 36.1 Å². The van der Waals surface area contributed by atoms with E-state index in [4.69, 9.17) is 25.8 Å². The van der Waals surface area contributed by atoms with Crippen molar-refractivity contribution in [3.8, 4) is 5.75 Å². The molecule has 6 rings (SSSR count). The van der Waals surface area contributed by atoms with Crippen molar-refractivity contribution >= 4 is 41.3 Å². The van der Waals surface area contributed by atoms with E-state index in [1.807, 2.05) is 13.0 Å². The van der Waals surface area contributed by atoms with Crippen LogP contribution >= 0.6 is 11.6 Å². The number of hydrogen-bond donors (Lipinski definition) is 1. The third-order valence-corrected chi connectivity index (χ3v) is 14.6. The van der Waals surface area contributed by atoms with E-state index >= 15 is 0 Å². The maximum Gasteiger partial charge on any atom is 0.264 e. The minimum atomic E-state index is -4.18. The summed E-state index contributed by atoms with van der Waals surface area (Å²) in [5.74, 6) is 0.0479. The van der Waals surface area contributed by atoms with Crippen LogP contribution < -0.4 is 14.4 Å². The minimum Gasteiger partial charge on any atom is -0.490 e. The van der Waals surface area contributed by atoms with E-state index in [-0.39, 0.29) is 28.9 Å². The molecule has 0 aromatic heterocycles. The topological polar surface area (TPSA) is 94.2 Å². The Bertz CT molecular complexity index is 1660. The molecule has 2 aromatic carbocycles. The van der Waals surface area contributed by atoms with E-state index in [2.05, 4.69) is 53.5 Å². The average molecular weight is 729 g/mol. The molecule has 0 radical (unpaired) electrons. The second-order valence-electron chi connectivity index (χ2n) is 16.0. The summed E-state index contributed by atoms with van der Waals surface area (Å²) in [5, 5.41) is 0.737. The number of ether oxygens (including phenoxy) is 3. The molecule has 2 aliphatic carbocycles. The van der Waals surface area contributed by atoms with E-state index in [0.717, 1.165) is 55.4 Å². The monoisotopic (exact) mass is 728 g/mol. The van der Waals surface area contributed by atoms with Crippen LogP contribution in [0.1, 0.15) is 50.2 Å². The number of amides is 1. The molecule has 1 spiro atoms. The van der Waals surface area contributed by atoms with Crippen LogP contribution in [0.15, 0.2) is 53.4 Å². The van der Waals surface area contributed by atoms with E-state index in [1.54, 1.807) is 25.3 Å². The average Bonchev–Trinajstić information content (AvgIpc) is 3.18. The van der Waals surface area contributed by atoms with Gasteiger partial charge in [-0.3, -0.25) is 4.79 Å². The molecular weight excluding hydrogens is 676 g/mol. The Kier molecular flexibility index (Phi) is 10.9. The fourth-order valence-electron chi connectivity index (χ4n) is 8.14. The molecule has 2 bridgehead atoms. The highest BCUT2D eigenvalue weighted by Crippen LogP contribution is 2.47. The summed E-state index contributed by atoms with van der Waals surface area (Å²) >= 11 is 6.44. The first-order chi connectivity index (χ1) is 23.3. The van der Waals surface area contributed by atoms with Crippen LogP contribution in [-0.4, -0.2) is 68.5 Å². The van der Waals surface area contributed by atoms with Gasteiger partial charge in [-0.25, -0.2) is 13.1 Å². The molecule has 49 heavy (non-hydrogen) atoms. The van der Waals surface area contributed by atoms with E-state index in [0.29, 0.717) is 43.8 Å². The Labute approximate surface area is 299 Å². The number of methoxy groups -OCH3 is 1. The number of fused-ring (bicyclic) bond motifs is 4. The van der Waals surface area contributed by atoms with Crippen LogP contribution in [0.4, 0.5) is 5.69 Å². The number of sulfonamides is 1. The van der Waals surface area contributed by atoms with Gasteiger partial charge >= 0.3 is 0 Å². The van der Waals surface area contributed by atoms with Crippen molar-refractivity contribution in [2.45, 2.75) is 87.5 Å². The largest absolute Gasteiger partial charge is 0.490 e. The molecule has 1 saturated carbocycles. The van der Waals surface area contributed by atoms with Crippen LogP contribution in [0.25, 0.3) is 0 Å². The second kappa shape index (κ2) is 14.7. The number of allylic oxidation sites excluding steroid dienone is 1. The number of hydrogen-bond acceptors (Lipinski definition) is 7. The maximum absolute atomic E-state index is 13.9. The normalized spacial score (nSPS) is 30.6. The zero-order valence-corrected chi connectivity index (χ0v) is 32.2. The molecule has 8 nitrogen and oxygen atoms in total. The second-order valence-corrected chi connectivity index (χ2v) is 23.8. The number of carbonyl (C=O) groups is 1. The molecule has 11 heteroatoms. The van der Waals surface area contributed by atoms with Crippen molar-refractivity contribution in [2.24, 2.45) is 23.7 Å². The zero-order chi connectivity index (χ0) is 35.0. The molecular formula is C38H53ClN2O6SSi. The van der Waals surface area contributed by atoms with Crippen LogP contribution in [0.3, 0.4) is 0 Å². The maximum atomic E-state index is 13.9. The number of halogens is 1. The predicted molar refractivity (Wildman–Crippen MR) is 198 cm³/mol. The predicted octanol–water partition coefficient (Wildman–Crippen LogP) is 7.23. The van der Waals surface area contributed by atoms with Crippen molar-refractivity contribution in [1.29, 1.82) is 0 Å². The van der Waals surface area contributed by atoms with Gasteiger partial charge in [-0.05, 0) is 104 Å². The van der Waals surface area contributed by atoms with Gasteiger partial charge < -0.3 is 19.1 Å². The zero-order valence-electron chi connectivity index (χ0n) is 29.7. The lowest BCUT2D eigenvalue weighted by atomic mass is 9.68. The summed E-state index contributed by atoms with van der Waals surface area (Å²) in [6.07, 6.45) is 9.93. The summed E-state index contributed by atoms with van der Waals surface area (Å²) in [5.41, 5.74) is 2.99. The molecule has 1 fully saturated rings. The number of aryl methyl sites for hydroxylation is 1. The molecule has 2 aliphatic heterocycles. The van der Waals surface area contributed by atoms with Gasteiger partial charge in [-0.15, -0.1) is 0 Å². The lowest BCUT2D eigenvalue weighted by Gasteiger charge is -2.46. The van der Waals surface area contributed by atoms with E-state index in [1.165, 1.54) is 11.1 Å². The molecule has 2 aromatic rings. The van der Waals surface area contributed by atoms with Crippen molar-refractivity contribution in [1.82, 2.24) is 4.72 Å². The smallest absolute Gasteiger partial charge is 0.264 e. The molecule has 1 N–H and O–H groups in total. The number of anilines is 1. The SMILES string of the molecule is CO[C@@H]1/C=C\C[C@H](C)[C@@H](COCC[Si](C)(C)C)C(=O)NS(=O)(=O)c2ccc3c(c2)N(C[C@@H]2CC[C@H]21)C[C@@]1(CCCc2cc(Cl)ccc21)CO3. The van der Waals surface area contributed by atoms with Crippen molar-refractivity contribution in [2.75, 3.05) is 44.9 Å². The minimum absolute atomic E-state index is 0.0416. The van der Waals surface area contributed by atoms with E-state index < -0.39 is 29.9 Å². The van der Waals surface area contributed by atoms with Crippen LogP contribution in [0.5, 0.6) is 5.75 Å². The van der Waals surface area contributed by atoms with Gasteiger partial charge in [0.1, 0.15) is 5.75 Å². The summed E-state index contributed by atoms with van der Waals surface area (Å²) in [6.45, 7) is 11.5. The Hall–Kier alpha value is -2.37. The number of rotatable bonds is 6. The van der Waals surface area contributed by atoms with Gasteiger partial charge in [-0.2, -0.15) is 0 Å². The molecule has 268 valence electrons. The summed E-state index contributed by atoms with van der Waals surface area (Å²) in [4.78, 5) is 16.2. The van der Waals surface area contributed by atoms with Crippen molar-refractivity contribution in [3.63, 3.8) is 0 Å². The van der Waals surface area contributed by atoms with Gasteiger partial charge in [0, 0.05) is 45.3 Å². The molecule has 6 atom stereocenters. The van der Waals surface area contributed by atoms with Gasteiger partial charge in [-0.1, -0.05) is 56.4 Å². The Morgan fingerprint density at radius 3 is 2.69 bits per heavy atom. The lowest BCUT2D eigenvalue weighted by molar-refractivity contribution is -0.126. The Morgan fingerprint density at radius 1 is 1.14 bits per heavy atom. The highest BCUT2D eigenvalue weighted by Gasteiger charge is 2.44. The third kappa shape index (κ3) is 8.09. The Morgan fingerprint density at radius 2 is 1.96 bits per heavy atom. The fraction of sp³-hybridized carbons (Fsp3) is 0.605. The van der Waals surface area contributed by atoms with Gasteiger partial charge in [0.15, 0.2) is 0 Å². The first-order valence-corrected chi connectivity index (χ1v) is 23.5. The summed E-state index contributed by atoms with van der Waals surface area (Å²) in [6, 6.07) is 12.2.